The molecule has 0 amide bonds. The fraction of sp³-hybridized carbons (Fsp3) is 0.278. The standard InChI is InChI=1S/C18H18O5/c1-9-16(20)10(2)18-15(17(9)21)13(19)8-14(23-18)11-4-6-12(22-3)7-5-11/h4-7,14,20-21H,8H2,1-3H3/t14-/m0/s1. The zero-order valence-electron chi connectivity index (χ0n) is 13.2. The third kappa shape index (κ3) is 2.38. The Hall–Kier alpha value is -2.69. The molecule has 2 aromatic carbocycles. The first-order valence-electron chi connectivity index (χ1n) is 7.33. The van der Waals surface area contributed by atoms with Crippen LogP contribution in [0.4, 0.5) is 0 Å². The number of ether oxygens (including phenoxy) is 2. The third-order valence-electron chi connectivity index (χ3n) is 4.27. The minimum absolute atomic E-state index is 0.0515. The van der Waals surface area contributed by atoms with E-state index in [1.165, 1.54) is 0 Å². The highest BCUT2D eigenvalue weighted by Gasteiger charge is 2.33. The van der Waals surface area contributed by atoms with Crippen molar-refractivity contribution < 1.29 is 24.5 Å². The fourth-order valence-corrected chi connectivity index (χ4v) is 2.85. The van der Waals surface area contributed by atoms with Gasteiger partial charge in [-0.1, -0.05) is 12.1 Å². The molecule has 3 rings (SSSR count). The first kappa shape index (κ1) is 15.2. The highest BCUT2D eigenvalue weighted by Crippen LogP contribution is 2.47. The lowest BCUT2D eigenvalue weighted by Gasteiger charge is -2.28. The molecule has 1 heterocycles. The second kappa shape index (κ2) is 5.50. The summed E-state index contributed by atoms with van der Waals surface area (Å²) in [7, 11) is 1.59. The number of phenols is 2. The van der Waals surface area contributed by atoms with Gasteiger partial charge in [-0.15, -0.1) is 0 Å². The average molecular weight is 314 g/mol. The van der Waals surface area contributed by atoms with Gasteiger partial charge in [0.15, 0.2) is 5.78 Å². The molecule has 0 aliphatic carbocycles. The molecule has 5 nitrogen and oxygen atoms in total. The minimum Gasteiger partial charge on any atom is -0.507 e. The van der Waals surface area contributed by atoms with Crippen molar-refractivity contribution in [3.63, 3.8) is 0 Å². The number of carbonyl (C=O) groups excluding carboxylic acids is 1. The van der Waals surface area contributed by atoms with E-state index in [0.29, 0.717) is 11.1 Å². The second-order valence-electron chi connectivity index (χ2n) is 5.66. The lowest BCUT2D eigenvalue weighted by Crippen LogP contribution is -2.21. The molecule has 23 heavy (non-hydrogen) atoms. The number of aromatic hydroxyl groups is 2. The maximum Gasteiger partial charge on any atom is 0.174 e. The predicted molar refractivity (Wildman–Crippen MR) is 84.6 cm³/mol. The molecule has 0 spiro atoms. The van der Waals surface area contributed by atoms with Crippen LogP contribution in [0, 0.1) is 13.8 Å². The van der Waals surface area contributed by atoms with Crippen molar-refractivity contribution in [1.29, 1.82) is 0 Å². The Morgan fingerprint density at radius 3 is 2.35 bits per heavy atom. The van der Waals surface area contributed by atoms with E-state index in [1.54, 1.807) is 33.1 Å². The fourth-order valence-electron chi connectivity index (χ4n) is 2.85. The summed E-state index contributed by atoms with van der Waals surface area (Å²) in [5.41, 5.74) is 1.74. The highest BCUT2D eigenvalue weighted by atomic mass is 16.5. The number of benzene rings is 2. The monoisotopic (exact) mass is 314 g/mol. The van der Waals surface area contributed by atoms with E-state index in [-0.39, 0.29) is 35.0 Å². The molecule has 2 aromatic rings. The van der Waals surface area contributed by atoms with Gasteiger partial charge >= 0.3 is 0 Å². The van der Waals surface area contributed by atoms with E-state index in [2.05, 4.69) is 0 Å². The molecule has 0 unspecified atom stereocenters. The van der Waals surface area contributed by atoms with Crippen LogP contribution in [0.3, 0.4) is 0 Å². The normalized spacial score (nSPS) is 16.7. The lowest BCUT2D eigenvalue weighted by molar-refractivity contribution is 0.0842. The first-order valence-corrected chi connectivity index (χ1v) is 7.33. The summed E-state index contributed by atoms with van der Waals surface area (Å²) in [6.45, 7) is 3.24. The van der Waals surface area contributed by atoms with E-state index in [1.807, 2.05) is 12.1 Å². The van der Waals surface area contributed by atoms with E-state index in [9.17, 15) is 15.0 Å². The summed E-state index contributed by atoms with van der Waals surface area (Å²) >= 11 is 0. The molecule has 1 aliphatic heterocycles. The van der Waals surface area contributed by atoms with Crippen LogP contribution < -0.4 is 9.47 Å². The van der Waals surface area contributed by atoms with Gasteiger partial charge in [-0.3, -0.25) is 4.79 Å². The highest BCUT2D eigenvalue weighted by molar-refractivity contribution is 6.03. The largest absolute Gasteiger partial charge is 0.507 e. The van der Waals surface area contributed by atoms with Gasteiger partial charge in [0, 0.05) is 11.1 Å². The van der Waals surface area contributed by atoms with E-state index in [4.69, 9.17) is 9.47 Å². The van der Waals surface area contributed by atoms with Crippen LogP contribution in [0.2, 0.25) is 0 Å². The Bertz CT molecular complexity index is 777. The molecule has 0 saturated heterocycles. The summed E-state index contributed by atoms with van der Waals surface area (Å²) < 4.78 is 11.1. The Morgan fingerprint density at radius 1 is 1.09 bits per heavy atom. The third-order valence-corrected chi connectivity index (χ3v) is 4.27. The quantitative estimate of drug-likeness (QED) is 0.888. The number of ketones is 1. The van der Waals surface area contributed by atoms with Gasteiger partial charge in [0.1, 0.15) is 34.7 Å². The SMILES string of the molecule is COc1ccc([C@@H]2CC(=O)c3c(O)c(C)c(O)c(C)c3O2)cc1. The summed E-state index contributed by atoms with van der Waals surface area (Å²) in [5, 5.41) is 20.3. The van der Waals surface area contributed by atoms with Crippen LogP contribution in [0.15, 0.2) is 24.3 Å². The number of phenolic OH excluding ortho intramolecular Hbond substituents is 2. The van der Waals surface area contributed by atoms with Gasteiger partial charge in [-0.2, -0.15) is 0 Å². The van der Waals surface area contributed by atoms with Crippen molar-refractivity contribution in [3.05, 3.63) is 46.5 Å². The van der Waals surface area contributed by atoms with Crippen molar-refractivity contribution in [3.8, 4) is 23.0 Å². The zero-order valence-corrected chi connectivity index (χ0v) is 13.2. The molecule has 5 heteroatoms. The van der Waals surface area contributed by atoms with Gasteiger partial charge in [0.2, 0.25) is 0 Å². The number of hydrogen-bond acceptors (Lipinski definition) is 5. The van der Waals surface area contributed by atoms with E-state index >= 15 is 0 Å². The van der Waals surface area contributed by atoms with Gasteiger partial charge < -0.3 is 19.7 Å². The number of fused-ring (bicyclic) bond motifs is 1. The lowest BCUT2D eigenvalue weighted by atomic mass is 9.92. The molecule has 0 bridgehead atoms. The predicted octanol–water partition coefficient (Wildman–Crippen LogP) is 3.43. The molecular weight excluding hydrogens is 296 g/mol. The van der Waals surface area contributed by atoms with Crippen molar-refractivity contribution in [1.82, 2.24) is 0 Å². The smallest absolute Gasteiger partial charge is 0.174 e. The van der Waals surface area contributed by atoms with Crippen molar-refractivity contribution in [2.75, 3.05) is 7.11 Å². The molecular formula is C18H18O5. The van der Waals surface area contributed by atoms with Crippen LogP contribution in [0.25, 0.3) is 0 Å². The summed E-state index contributed by atoms with van der Waals surface area (Å²) in [6, 6.07) is 7.28. The Labute approximate surface area is 134 Å². The van der Waals surface area contributed by atoms with Gasteiger partial charge in [-0.05, 0) is 31.5 Å². The zero-order chi connectivity index (χ0) is 16.7. The van der Waals surface area contributed by atoms with Crippen LogP contribution >= 0.6 is 0 Å². The summed E-state index contributed by atoms with van der Waals surface area (Å²) in [4.78, 5) is 12.5. The molecule has 1 aliphatic rings. The maximum absolute atomic E-state index is 12.5. The van der Waals surface area contributed by atoms with Crippen LogP contribution in [0.1, 0.15) is 39.6 Å². The van der Waals surface area contributed by atoms with E-state index < -0.39 is 6.10 Å². The van der Waals surface area contributed by atoms with Crippen molar-refractivity contribution >= 4 is 5.78 Å². The molecule has 0 saturated carbocycles. The van der Waals surface area contributed by atoms with Crippen molar-refractivity contribution in [2.24, 2.45) is 0 Å². The molecule has 0 aromatic heterocycles. The number of methoxy groups -OCH3 is 1. The molecule has 0 radical (unpaired) electrons. The Balaban J connectivity index is 2.05. The Morgan fingerprint density at radius 2 is 1.74 bits per heavy atom. The van der Waals surface area contributed by atoms with Crippen LogP contribution in [-0.2, 0) is 0 Å². The number of Topliss-reactive ketones (excluding diaryl/α,β-unsaturated/α-hetero) is 1. The molecule has 2 N–H and O–H groups in total. The van der Waals surface area contributed by atoms with Crippen molar-refractivity contribution in [2.45, 2.75) is 26.4 Å². The van der Waals surface area contributed by atoms with E-state index in [0.717, 1.165) is 11.3 Å². The number of carbonyl (C=O) groups is 1. The molecule has 1 atom stereocenters. The second-order valence-corrected chi connectivity index (χ2v) is 5.66. The number of hydrogen-bond donors (Lipinski definition) is 2. The molecule has 120 valence electrons. The maximum atomic E-state index is 12.5. The average Bonchev–Trinajstić information content (AvgIpc) is 2.57. The van der Waals surface area contributed by atoms with Crippen LogP contribution in [0.5, 0.6) is 23.0 Å². The topological polar surface area (TPSA) is 76.0 Å². The Kier molecular flexibility index (Phi) is 3.64. The summed E-state index contributed by atoms with van der Waals surface area (Å²) in [6.07, 6.45) is -0.322. The minimum atomic E-state index is -0.457. The van der Waals surface area contributed by atoms with Gasteiger partial charge in [0.05, 0.1) is 13.5 Å². The first-order chi connectivity index (χ1) is 10.9. The molecule has 0 fully saturated rings. The van der Waals surface area contributed by atoms with Gasteiger partial charge in [0.25, 0.3) is 0 Å². The van der Waals surface area contributed by atoms with Crippen LogP contribution in [-0.4, -0.2) is 23.1 Å². The summed E-state index contributed by atoms with van der Waals surface area (Å²) in [5.74, 6) is 0.516. The number of rotatable bonds is 2. The van der Waals surface area contributed by atoms with Gasteiger partial charge in [-0.25, -0.2) is 0 Å².